The Morgan fingerprint density at radius 2 is 2.00 bits per heavy atom. The molecular weight excluding hydrogens is 246 g/mol. The fourth-order valence-electron chi connectivity index (χ4n) is 4.25. The Balaban J connectivity index is 1.80. The zero-order valence-electron chi connectivity index (χ0n) is 14.0. The van der Waals surface area contributed by atoms with Gasteiger partial charge < -0.3 is 15.1 Å². The molecule has 3 nitrogen and oxygen atoms in total. The maximum atomic E-state index is 3.69. The molecule has 20 heavy (non-hydrogen) atoms. The summed E-state index contributed by atoms with van der Waals surface area (Å²) in [4.78, 5) is 5.17. The molecular formula is C17H35N3. The van der Waals surface area contributed by atoms with Crippen LogP contribution in [0, 0.1) is 5.41 Å². The Kier molecular flexibility index (Phi) is 6.31. The molecule has 3 heteroatoms. The van der Waals surface area contributed by atoms with E-state index in [4.69, 9.17) is 0 Å². The molecule has 0 bridgehead atoms. The summed E-state index contributed by atoms with van der Waals surface area (Å²) < 4.78 is 0. The van der Waals surface area contributed by atoms with Gasteiger partial charge in [-0.1, -0.05) is 19.8 Å². The van der Waals surface area contributed by atoms with Gasteiger partial charge in [0.05, 0.1) is 0 Å². The maximum Gasteiger partial charge on any atom is 0.0220 e. The van der Waals surface area contributed by atoms with Crippen LogP contribution in [0.5, 0.6) is 0 Å². The molecule has 0 aromatic carbocycles. The predicted molar refractivity (Wildman–Crippen MR) is 87.2 cm³/mol. The molecule has 2 fully saturated rings. The van der Waals surface area contributed by atoms with E-state index in [-0.39, 0.29) is 0 Å². The highest BCUT2D eigenvalue weighted by molar-refractivity contribution is 4.90. The first-order valence-corrected chi connectivity index (χ1v) is 8.75. The van der Waals surface area contributed by atoms with Crippen molar-refractivity contribution in [2.75, 3.05) is 46.8 Å². The van der Waals surface area contributed by atoms with E-state index in [1.54, 1.807) is 0 Å². The van der Waals surface area contributed by atoms with Gasteiger partial charge in [-0.05, 0) is 64.7 Å². The zero-order valence-corrected chi connectivity index (χ0v) is 14.0. The Morgan fingerprint density at radius 3 is 2.60 bits per heavy atom. The molecule has 1 N–H and O–H groups in total. The molecule has 2 aliphatic rings. The van der Waals surface area contributed by atoms with E-state index in [1.807, 2.05) is 0 Å². The quantitative estimate of drug-likeness (QED) is 0.690. The molecule has 1 unspecified atom stereocenters. The summed E-state index contributed by atoms with van der Waals surface area (Å²) in [5.41, 5.74) is 0.557. The molecule has 0 aromatic rings. The second-order valence-corrected chi connectivity index (χ2v) is 7.36. The van der Waals surface area contributed by atoms with Gasteiger partial charge in [0, 0.05) is 25.7 Å². The van der Waals surface area contributed by atoms with Crippen LogP contribution in [0.4, 0.5) is 0 Å². The summed E-state index contributed by atoms with van der Waals surface area (Å²) in [5.74, 6) is 0. The van der Waals surface area contributed by atoms with Crippen LogP contribution in [0.15, 0.2) is 0 Å². The van der Waals surface area contributed by atoms with Crippen molar-refractivity contribution in [2.24, 2.45) is 5.41 Å². The SMILES string of the molecule is CCCNCC1(CN(C)CC2CCCN2C)CCCC1. The van der Waals surface area contributed by atoms with Gasteiger partial charge in [0.2, 0.25) is 0 Å². The highest BCUT2D eigenvalue weighted by Gasteiger charge is 2.35. The van der Waals surface area contributed by atoms with E-state index >= 15 is 0 Å². The summed E-state index contributed by atoms with van der Waals surface area (Å²) in [5, 5.41) is 3.69. The third-order valence-corrected chi connectivity index (χ3v) is 5.39. The Labute approximate surface area is 126 Å². The average Bonchev–Trinajstić information content (AvgIpc) is 3.01. The van der Waals surface area contributed by atoms with E-state index in [0.29, 0.717) is 5.41 Å². The zero-order chi connectivity index (χ0) is 14.4. The van der Waals surface area contributed by atoms with Gasteiger partial charge in [-0.3, -0.25) is 0 Å². The molecule has 0 spiro atoms. The number of hydrogen-bond donors (Lipinski definition) is 1. The Bertz CT molecular complexity index is 273. The summed E-state index contributed by atoms with van der Waals surface area (Å²) >= 11 is 0. The van der Waals surface area contributed by atoms with Crippen LogP contribution in [0.1, 0.15) is 51.9 Å². The minimum absolute atomic E-state index is 0.557. The summed E-state index contributed by atoms with van der Waals surface area (Å²) in [6, 6.07) is 0.794. The van der Waals surface area contributed by atoms with Gasteiger partial charge in [-0.15, -0.1) is 0 Å². The molecule has 118 valence electrons. The Morgan fingerprint density at radius 1 is 1.25 bits per heavy atom. The smallest absolute Gasteiger partial charge is 0.0220 e. The number of likely N-dealkylation sites (N-methyl/N-ethyl adjacent to an activating group) is 2. The van der Waals surface area contributed by atoms with E-state index in [9.17, 15) is 0 Å². The topological polar surface area (TPSA) is 18.5 Å². The van der Waals surface area contributed by atoms with Gasteiger partial charge >= 0.3 is 0 Å². The molecule has 1 saturated heterocycles. The van der Waals surface area contributed by atoms with Crippen LogP contribution in [0.25, 0.3) is 0 Å². The summed E-state index contributed by atoms with van der Waals surface area (Å²) in [7, 11) is 4.63. The van der Waals surface area contributed by atoms with Crippen LogP contribution in [-0.2, 0) is 0 Å². The molecule has 2 rings (SSSR count). The molecule has 0 radical (unpaired) electrons. The normalized spacial score (nSPS) is 26.7. The van der Waals surface area contributed by atoms with Gasteiger partial charge in [-0.25, -0.2) is 0 Å². The second kappa shape index (κ2) is 7.77. The number of rotatable bonds is 8. The number of nitrogens with zero attached hydrogens (tertiary/aromatic N) is 2. The van der Waals surface area contributed by atoms with Crippen LogP contribution < -0.4 is 5.32 Å². The predicted octanol–water partition coefficient (Wildman–Crippen LogP) is 2.57. The van der Waals surface area contributed by atoms with Crippen LogP contribution in [0.2, 0.25) is 0 Å². The molecule has 0 aromatic heterocycles. The molecule has 1 heterocycles. The lowest BCUT2D eigenvalue weighted by Crippen LogP contribution is -2.45. The molecule has 0 amide bonds. The first-order chi connectivity index (χ1) is 9.65. The van der Waals surface area contributed by atoms with Gasteiger partial charge in [0.15, 0.2) is 0 Å². The fraction of sp³-hybridized carbons (Fsp3) is 1.00. The summed E-state index contributed by atoms with van der Waals surface area (Å²) in [6.45, 7) is 8.50. The van der Waals surface area contributed by atoms with Gasteiger partial charge in [0.1, 0.15) is 0 Å². The minimum atomic E-state index is 0.557. The van der Waals surface area contributed by atoms with E-state index in [1.165, 1.54) is 77.7 Å². The van der Waals surface area contributed by atoms with Crippen molar-refractivity contribution in [3.05, 3.63) is 0 Å². The first kappa shape index (κ1) is 16.3. The minimum Gasteiger partial charge on any atom is -0.316 e. The van der Waals surface area contributed by atoms with Crippen LogP contribution in [-0.4, -0.2) is 62.7 Å². The monoisotopic (exact) mass is 281 g/mol. The van der Waals surface area contributed by atoms with Crippen molar-refractivity contribution in [1.82, 2.24) is 15.1 Å². The van der Waals surface area contributed by atoms with Crippen LogP contribution >= 0.6 is 0 Å². The molecule has 1 aliphatic carbocycles. The fourth-order valence-corrected chi connectivity index (χ4v) is 4.25. The summed E-state index contributed by atoms with van der Waals surface area (Å²) in [6.07, 6.45) is 9.75. The number of hydrogen-bond acceptors (Lipinski definition) is 3. The van der Waals surface area contributed by atoms with Crippen molar-refractivity contribution in [3.8, 4) is 0 Å². The van der Waals surface area contributed by atoms with Crippen molar-refractivity contribution >= 4 is 0 Å². The molecule has 1 aliphatic heterocycles. The highest BCUT2D eigenvalue weighted by atomic mass is 15.2. The Hall–Kier alpha value is -0.120. The van der Waals surface area contributed by atoms with E-state index in [2.05, 4.69) is 36.1 Å². The average molecular weight is 281 g/mol. The molecule has 1 saturated carbocycles. The van der Waals surface area contributed by atoms with Gasteiger partial charge in [-0.2, -0.15) is 0 Å². The molecule has 1 atom stereocenters. The van der Waals surface area contributed by atoms with Gasteiger partial charge in [0.25, 0.3) is 0 Å². The first-order valence-electron chi connectivity index (χ1n) is 8.75. The maximum absolute atomic E-state index is 3.69. The highest BCUT2D eigenvalue weighted by Crippen LogP contribution is 2.38. The van der Waals surface area contributed by atoms with E-state index in [0.717, 1.165) is 6.04 Å². The van der Waals surface area contributed by atoms with Crippen molar-refractivity contribution in [3.63, 3.8) is 0 Å². The lowest BCUT2D eigenvalue weighted by molar-refractivity contribution is 0.143. The van der Waals surface area contributed by atoms with Crippen molar-refractivity contribution in [2.45, 2.75) is 57.9 Å². The van der Waals surface area contributed by atoms with Crippen LogP contribution in [0.3, 0.4) is 0 Å². The largest absolute Gasteiger partial charge is 0.316 e. The third-order valence-electron chi connectivity index (χ3n) is 5.39. The van der Waals surface area contributed by atoms with E-state index < -0.39 is 0 Å². The number of nitrogens with one attached hydrogen (secondary N) is 1. The lowest BCUT2D eigenvalue weighted by Gasteiger charge is -2.36. The lowest BCUT2D eigenvalue weighted by atomic mass is 9.85. The third kappa shape index (κ3) is 4.44. The number of likely N-dealkylation sites (tertiary alicyclic amines) is 1. The standard InChI is InChI=1S/C17H35N3/c1-4-11-18-14-17(9-5-6-10-17)15-19(2)13-16-8-7-12-20(16)3/h16,18H,4-15H2,1-3H3. The second-order valence-electron chi connectivity index (χ2n) is 7.36. The van der Waals surface area contributed by atoms with Crippen molar-refractivity contribution < 1.29 is 0 Å². The van der Waals surface area contributed by atoms with Crippen molar-refractivity contribution in [1.29, 1.82) is 0 Å².